The van der Waals surface area contributed by atoms with Crippen LogP contribution in [0.4, 0.5) is 8.78 Å². The van der Waals surface area contributed by atoms with E-state index in [2.05, 4.69) is 20.9 Å². The maximum Gasteiger partial charge on any atom is 0.281 e. The van der Waals surface area contributed by atoms with Gasteiger partial charge >= 0.3 is 0 Å². The minimum absolute atomic E-state index is 0.0612. The molecule has 0 radical (unpaired) electrons. The summed E-state index contributed by atoms with van der Waals surface area (Å²) < 4.78 is 24.8. The van der Waals surface area contributed by atoms with E-state index in [1.165, 1.54) is 6.07 Å². The van der Waals surface area contributed by atoms with E-state index in [0.717, 1.165) is 0 Å². The lowest BCUT2D eigenvalue weighted by Gasteiger charge is -2.05. The minimum atomic E-state index is -2.67. The Morgan fingerprint density at radius 3 is 2.62 bits per heavy atom. The van der Waals surface area contributed by atoms with E-state index in [1.54, 1.807) is 0 Å². The molecule has 1 aromatic heterocycles. The van der Waals surface area contributed by atoms with Crippen molar-refractivity contribution >= 4 is 39.1 Å². The first-order valence-corrected chi connectivity index (χ1v) is 4.95. The van der Waals surface area contributed by atoms with Crippen LogP contribution in [-0.4, -0.2) is 4.98 Å². The van der Waals surface area contributed by atoms with Crippen LogP contribution in [-0.2, 0) is 5.88 Å². The maximum absolute atomic E-state index is 12.2. The Morgan fingerprint density at radius 2 is 2.15 bits per heavy atom. The highest BCUT2D eigenvalue weighted by atomic mass is 79.9. The molecule has 0 unspecified atom stereocenters. The number of pyridine rings is 1. The summed E-state index contributed by atoms with van der Waals surface area (Å²) in [6.07, 6.45) is -2.67. The van der Waals surface area contributed by atoms with Gasteiger partial charge in [0.2, 0.25) is 0 Å². The molecule has 0 bridgehead atoms. The molecule has 1 rings (SSSR count). The number of alkyl halides is 3. The molecule has 0 aliphatic carbocycles. The second-order valence-corrected chi connectivity index (χ2v) is 3.67. The molecule has 1 aromatic rings. The highest BCUT2D eigenvalue weighted by Crippen LogP contribution is 2.29. The van der Waals surface area contributed by atoms with E-state index < -0.39 is 12.1 Å². The Balaban J connectivity index is 3.20. The van der Waals surface area contributed by atoms with Crippen LogP contribution in [0.15, 0.2) is 10.7 Å². The third kappa shape index (κ3) is 2.51. The molecule has 0 spiro atoms. The van der Waals surface area contributed by atoms with Gasteiger partial charge in [0.25, 0.3) is 6.43 Å². The van der Waals surface area contributed by atoms with Gasteiger partial charge in [0.1, 0.15) is 10.3 Å². The average Bonchev–Trinajstić information content (AvgIpc) is 2.07. The Morgan fingerprint density at radius 1 is 1.54 bits per heavy atom. The Labute approximate surface area is 92.2 Å². The summed E-state index contributed by atoms with van der Waals surface area (Å²) in [6, 6.07) is 1.38. The van der Waals surface area contributed by atoms with Crippen LogP contribution >= 0.6 is 39.1 Å². The summed E-state index contributed by atoms with van der Waals surface area (Å²) in [5.41, 5.74) is 0.165. The van der Waals surface area contributed by atoms with Crippen molar-refractivity contribution in [2.45, 2.75) is 12.3 Å². The van der Waals surface area contributed by atoms with Crippen molar-refractivity contribution in [3.63, 3.8) is 0 Å². The number of nitrogens with zero attached hydrogens (tertiary/aromatic N) is 1. The van der Waals surface area contributed by atoms with Crippen molar-refractivity contribution < 1.29 is 8.78 Å². The molecule has 0 saturated heterocycles. The molecule has 0 fully saturated rings. The van der Waals surface area contributed by atoms with Crippen LogP contribution in [0.2, 0.25) is 5.02 Å². The molecule has 1 nitrogen and oxygen atoms in total. The highest BCUT2D eigenvalue weighted by Gasteiger charge is 2.16. The summed E-state index contributed by atoms with van der Waals surface area (Å²) in [7, 11) is 0. The second-order valence-electron chi connectivity index (χ2n) is 2.24. The van der Waals surface area contributed by atoms with Crippen LogP contribution in [0.1, 0.15) is 17.7 Å². The maximum atomic E-state index is 12.2. The van der Waals surface area contributed by atoms with Crippen LogP contribution in [0, 0.1) is 0 Å². The summed E-state index contributed by atoms with van der Waals surface area (Å²) in [4.78, 5) is 3.59. The summed E-state index contributed by atoms with van der Waals surface area (Å²) >= 11 is 14.1. The quantitative estimate of drug-likeness (QED) is 0.588. The van der Waals surface area contributed by atoms with Crippen molar-refractivity contribution in [2.75, 3.05) is 0 Å². The first-order valence-electron chi connectivity index (χ1n) is 3.25. The van der Waals surface area contributed by atoms with Gasteiger partial charge in [0, 0.05) is 5.56 Å². The van der Waals surface area contributed by atoms with Gasteiger partial charge < -0.3 is 0 Å². The number of aromatic nitrogens is 1. The molecule has 72 valence electrons. The van der Waals surface area contributed by atoms with Crippen LogP contribution in [0.25, 0.3) is 0 Å². The monoisotopic (exact) mass is 289 g/mol. The Kier molecular flexibility index (Phi) is 3.88. The van der Waals surface area contributed by atoms with Crippen molar-refractivity contribution in [1.82, 2.24) is 4.98 Å². The summed E-state index contributed by atoms with van der Waals surface area (Å²) in [5, 5.41) is -0.0612. The fourth-order valence-corrected chi connectivity index (χ4v) is 1.83. The van der Waals surface area contributed by atoms with Gasteiger partial charge in [-0.1, -0.05) is 11.6 Å². The molecule has 1 heterocycles. The lowest BCUT2D eigenvalue weighted by molar-refractivity contribution is 0.146. The first-order chi connectivity index (χ1) is 6.06. The van der Waals surface area contributed by atoms with Gasteiger partial charge in [-0.05, 0) is 22.0 Å². The van der Waals surface area contributed by atoms with E-state index >= 15 is 0 Å². The van der Waals surface area contributed by atoms with Crippen molar-refractivity contribution in [3.8, 4) is 0 Å². The predicted octanol–water partition coefficient (Wildman–Crippen LogP) is 4.17. The van der Waals surface area contributed by atoms with Gasteiger partial charge in [-0.2, -0.15) is 0 Å². The van der Waals surface area contributed by atoms with Gasteiger partial charge in [0.15, 0.2) is 0 Å². The van der Waals surface area contributed by atoms with Gasteiger partial charge in [0.05, 0.1) is 10.9 Å². The lowest BCUT2D eigenvalue weighted by Crippen LogP contribution is -1.95. The Hall–Kier alpha value is 0.0700. The zero-order valence-electron chi connectivity index (χ0n) is 6.20. The number of hydrogen-bond donors (Lipinski definition) is 0. The summed E-state index contributed by atoms with van der Waals surface area (Å²) in [5.74, 6) is 0.177. The molecule has 0 amide bonds. The zero-order chi connectivity index (χ0) is 10.0. The predicted molar refractivity (Wildman–Crippen MR) is 51.5 cm³/mol. The lowest BCUT2D eigenvalue weighted by atomic mass is 10.3. The molecule has 0 aliphatic heterocycles. The molecular formula is C7H4BrCl2F2N. The van der Waals surface area contributed by atoms with E-state index in [9.17, 15) is 8.78 Å². The summed E-state index contributed by atoms with van der Waals surface area (Å²) in [6.45, 7) is 0. The van der Waals surface area contributed by atoms with Crippen LogP contribution in [0.5, 0.6) is 0 Å². The van der Waals surface area contributed by atoms with Gasteiger partial charge in [-0.3, -0.25) is 0 Å². The SMILES string of the molecule is FC(F)c1nc(Br)c(CCl)cc1Cl. The van der Waals surface area contributed by atoms with Crippen LogP contribution < -0.4 is 0 Å². The molecule has 0 aliphatic rings. The van der Waals surface area contributed by atoms with E-state index in [0.29, 0.717) is 10.2 Å². The minimum Gasteiger partial charge on any atom is -0.238 e. The molecule has 6 heteroatoms. The number of halogens is 5. The topological polar surface area (TPSA) is 12.9 Å². The zero-order valence-corrected chi connectivity index (χ0v) is 9.30. The molecule has 0 atom stereocenters. The third-order valence-corrected chi connectivity index (χ3v) is 2.66. The van der Waals surface area contributed by atoms with E-state index in [-0.39, 0.29) is 10.9 Å². The standard InChI is InChI=1S/C7H4BrCl2F2N/c8-6-3(2-9)1-4(10)5(13-6)7(11)12/h1,7H,2H2. The molecule has 13 heavy (non-hydrogen) atoms. The normalized spacial score (nSPS) is 10.9. The van der Waals surface area contributed by atoms with E-state index in [4.69, 9.17) is 23.2 Å². The van der Waals surface area contributed by atoms with Crippen molar-refractivity contribution in [2.24, 2.45) is 0 Å². The molecule has 0 saturated carbocycles. The second kappa shape index (κ2) is 4.53. The molecular weight excluding hydrogens is 287 g/mol. The third-order valence-electron chi connectivity index (χ3n) is 1.38. The Bertz CT molecular complexity index is 320. The van der Waals surface area contributed by atoms with Crippen molar-refractivity contribution in [1.29, 1.82) is 0 Å². The average molecular weight is 291 g/mol. The number of hydrogen-bond acceptors (Lipinski definition) is 1. The number of rotatable bonds is 2. The van der Waals surface area contributed by atoms with Gasteiger partial charge in [-0.15, -0.1) is 11.6 Å². The van der Waals surface area contributed by atoms with Gasteiger partial charge in [-0.25, -0.2) is 13.8 Å². The highest BCUT2D eigenvalue weighted by molar-refractivity contribution is 9.10. The smallest absolute Gasteiger partial charge is 0.238 e. The fraction of sp³-hybridized carbons (Fsp3) is 0.286. The first kappa shape index (κ1) is 11.1. The largest absolute Gasteiger partial charge is 0.281 e. The molecule has 0 aromatic carbocycles. The van der Waals surface area contributed by atoms with Crippen molar-refractivity contribution in [3.05, 3.63) is 26.9 Å². The fourth-order valence-electron chi connectivity index (χ4n) is 0.764. The molecule has 0 N–H and O–H groups in total. The van der Waals surface area contributed by atoms with E-state index in [1.807, 2.05) is 0 Å². The van der Waals surface area contributed by atoms with Crippen LogP contribution in [0.3, 0.4) is 0 Å².